The van der Waals surface area contributed by atoms with Gasteiger partial charge in [0.05, 0.1) is 18.4 Å². The summed E-state index contributed by atoms with van der Waals surface area (Å²) in [5.41, 5.74) is 1.81. The van der Waals surface area contributed by atoms with Crippen molar-refractivity contribution < 1.29 is 4.79 Å². The molecule has 4 heterocycles. The number of anilines is 1. The van der Waals surface area contributed by atoms with Gasteiger partial charge in [-0.15, -0.1) is 0 Å². The Kier molecular flexibility index (Phi) is 4.73. The maximum absolute atomic E-state index is 12.5. The van der Waals surface area contributed by atoms with Crippen molar-refractivity contribution in [3.63, 3.8) is 0 Å². The number of carbonyl (C=O) groups is 1. The molecule has 5 rings (SSSR count). The monoisotopic (exact) mass is 391 g/mol. The first-order valence-corrected chi connectivity index (χ1v) is 10.2. The first kappa shape index (κ1) is 18.2. The van der Waals surface area contributed by atoms with Crippen LogP contribution in [0.2, 0.25) is 0 Å². The van der Waals surface area contributed by atoms with Gasteiger partial charge in [0.15, 0.2) is 0 Å². The highest BCUT2D eigenvalue weighted by atomic mass is 16.2. The number of amides is 1. The van der Waals surface area contributed by atoms with Crippen LogP contribution >= 0.6 is 0 Å². The summed E-state index contributed by atoms with van der Waals surface area (Å²) >= 11 is 0. The molecule has 8 heteroatoms. The molecule has 0 atom stereocenters. The van der Waals surface area contributed by atoms with E-state index < -0.39 is 0 Å². The van der Waals surface area contributed by atoms with Gasteiger partial charge in [-0.2, -0.15) is 5.10 Å². The van der Waals surface area contributed by atoms with Crippen LogP contribution < -0.4 is 5.32 Å². The minimum Gasteiger partial charge on any atom is -0.310 e. The summed E-state index contributed by atoms with van der Waals surface area (Å²) < 4.78 is 1.75. The number of fused-ring (bicyclic) bond motifs is 1. The Balaban J connectivity index is 1.24. The Morgan fingerprint density at radius 2 is 1.86 bits per heavy atom. The summed E-state index contributed by atoms with van der Waals surface area (Å²) in [6, 6.07) is 4.71. The van der Waals surface area contributed by atoms with E-state index in [9.17, 15) is 4.79 Å². The maximum atomic E-state index is 12.5. The molecule has 29 heavy (non-hydrogen) atoms. The first-order valence-electron chi connectivity index (χ1n) is 10.2. The standard InChI is InChI=1S/C21H25N7O/c1-26-13-17(12-24-26)19-8-15-9-20(23-11-16(15)10-22-19)25-21(29)14-27-4-6-28(7-5-27)18-2-3-18/h8-13,18H,2-7,14H2,1H3,(H,23,25,29). The average molecular weight is 391 g/mol. The third kappa shape index (κ3) is 4.13. The molecule has 2 fully saturated rings. The van der Waals surface area contributed by atoms with Crippen LogP contribution in [-0.4, -0.2) is 74.2 Å². The Morgan fingerprint density at radius 1 is 1.07 bits per heavy atom. The van der Waals surface area contributed by atoms with E-state index in [0.29, 0.717) is 12.4 Å². The normalized spacial score (nSPS) is 18.2. The van der Waals surface area contributed by atoms with E-state index in [-0.39, 0.29) is 5.91 Å². The highest BCUT2D eigenvalue weighted by Gasteiger charge is 2.31. The van der Waals surface area contributed by atoms with Crippen LogP contribution in [0.4, 0.5) is 5.82 Å². The summed E-state index contributed by atoms with van der Waals surface area (Å²) in [4.78, 5) is 26.1. The molecule has 1 aliphatic carbocycles. The van der Waals surface area contributed by atoms with Crippen LogP contribution in [0.5, 0.6) is 0 Å². The smallest absolute Gasteiger partial charge is 0.239 e. The van der Waals surface area contributed by atoms with Crippen LogP contribution in [0.15, 0.2) is 36.9 Å². The zero-order chi connectivity index (χ0) is 19.8. The lowest BCUT2D eigenvalue weighted by atomic mass is 10.1. The number of carbonyl (C=O) groups excluding carboxylic acids is 1. The molecule has 1 saturated heterocycles. The molecule has 1 amide bonds. The van der Waals surface area contributed by atoms with E-state index in [2.05, 4.69) is 30.2 Å². The van der Waals surface area contributed by atoms with E-state index in [1.807, 2.05) is 25.4 Å². The number of nitrogens with zero attached hydrogens (tertiary/aromatic N) is 6. The molecule has 1 aliphatic heterocycles. The van der Waals surface area contributed by atoms with E-state index in [1.165, 1.54) is 12.8 Å². The van der Waals surface area contributed by atoms with Crippen molar-refractivity contribution in [1.82, 2.24) is 29.5 Å². The van der Waals surface area contributed by atoms with Gasteiger partial charge >= 0.3 is 0 Å². The van der Waals surface area contributed by atoms with Crippen LogP contribution in [0.3, 0.4) is 0 Å². The molecule has 2 aliphatic rings. The largest absolute Gasteiger partial charge is 0.310 e. The lowest BCUT2D eigenvalue weighted by Crippen LogP contribution is -2.49. The molecule has 8 nitrogen and oxygen atoms in total. The Bertz CT molecular complexity index is 1030. The fourth-order valence-corrected chi connectivity index (χ4v) is 3.93. The lowest BCUT2D eigenvalue weighted by Gasteiger charge is -2.34. The second-order valence-corrected chi connectivity index (χ2v) is 7.98. The molecule has 1 N–H and O–H groups in total. The van der Waals surface area contributed by atoms with Gasteiger partial charge in [0.1, 0.15) is 5.82 Å². The number of pyridine rings is 2. The van der Waals surface area contributed by atoms with E-state index >= 15 is 0 Å². The predicted molar refractivity (Wildman–Crippen MR) is 111 cm³/mol. The first-order chi connectivity index (χ1) is 14.1. The van der Waals surface area contributed by atoms with Crippen molar-refractivity contribution in [1.29, 1.82) is 0 Å². The van der Waals surface area contributed by atoms with Gasteiger partial charge < -0.3 is 5.32 Å². The Morgan fingerprint density at radius 3 is 2.59 bits per heavy atom. The van der Waals surface area contributed by atoms with Gasteiger partial charge in [-0.3, -0.25) is 24.3 Å². The predicted octanol–water partition coefficient (Wildman–Crippen LogP) is 1.75. The van der Waals surface area contributed by atoms with Crippen LogP contribution in [0.25, 0.3) is 22.0 Å². The zero-order valence-corrected chi connectivity index (χ0v) is 16.6. The SMILES string of the molecule is Cn1cc(-c2cc3cc(NC(=O)CN4CCN(C5CC5)CC4)ncc3cn2)cn1. The lowest BCUT2D eigenvalue weighted by molar-refractivity contribution is -0.117. The number of rotatable bonds is 5. The van der Waals surface area contributed by atoms with E-state index in [1.54, 1.807) is 23.3 Å². The number of nitrogens with one attached hydrogen (secondary N) is 1. The Labute approximate surface area is 169 Å². The summed E-state index contributed by atoms with van der Waals surface area (Å²) in [7, 11) is 1.88. The molecular formula is C21H25N7O. The second-order valence-electron chi connectivity index (χ2n) is 7.98. The summed E-state index contributed by atoms with van der Waals surface area (Å²) in [5, 5.41) is 9.08. The molecule has 3 aromatic rings. The van der Waals surface area contributed by atoms with Crippen LogP contribution in [0, 0.1) is 0 Å². The molecule has 3 aromatic heterocycles. The van der Waals surface area contributed by atoms with Crippen molar-refractivity contribution >= 4 is 22.5 Å². The highest BCUT2D eigenvalue weighted by molar-refractivity contribution is 5.94. The fourth-order valence-electron chi connectivity index (χ4n) is 3.93. The maximum Gasteiger partial charge on any atom is 0.239 e. The van der Waals surface area contributed by atoms with Gasteiger partial charge in [-0.25, -0.2) is 4.98 Å². The van der Waals surface area contributed by atoms with Gasteiger partial charge in [-0.05, 0) is 30.4 Å². The van der Waals surface area contributed by atoms with E-state index in [0.717, 1.165) is 54.3 Å². The number of hydrogen-bond donors (Lipinski definition) is 1. The Hall–Kier alpha value is -2.84. The minimum atomic E-state index is -0.0155. The van der Waals surface area contributed by atoms with Crippen molar-refractivity contribution in [2.75, 3.05) is 38.0 Å². The third-order valence-corrected chi connectivity index (χ3v) is 5.71. The van der Waals surface area contributed by atoms with Crippen molar-refractivity contribution in [2.24, 2.45) is 7.05 Å². The number of piperazine rings is 1. The molecule has 1 saturated carbocycles. The molecule has 0 spiro atoms. The quantitative estimate of drug-likeness (QED) is 0.714. The number of aryl methyl sites for hydroxylation is 1. The van der Waals surface area contributed by atoms with Gasteiger partial charge in [0, 0.05) is 68.8 Å². The van der Waals surface area contributed by atoms with Crippen LogP contribution in [-0.2, 0) is 11.8 Å². The van der Waals surface area contributed by atoms with Gasteiger partial charge in [-0.1, -0.05) is 0 Å². The molecule has 0 bridgehead atoms. The summed E-state index contributed by atoms with van der Waals surface area (Å²) in [5.74, 6) is 0.556. The molecule has 0 unspecified atom stereocenters. The van der Waals surface area contributed by atoms with E-state index in [4.69, 9.17) is 0 Å². The van der Waals surface area contributed by atoms with Gasteiger partial charge in [0.25, 0.3) is 0 Å². The summed E-state index contributed by atoms with van der Waals surface area (Å²) in [6.07, 6.45) is 9.95. The molecule has 0 aromatic carbocycles. The second kappa shape index (κ2) is 7.53. The van der Waals surface area contributed by atoms with Crippen molar-refractivity contribution in [3.05, 3.63) is 36.9 Å². The number of hydrogen-bond acceptors (Lipinski definition) is 6. The van der Waals surface area contributed by atoms with Crippen LogP contribution in [0.1, 0.15) is 12.8 Å². The van der Waals surface area contributed by atoms with Gasteiger partial charge in [0.2, 0.25) is 5.91 Å². The molecule has 0 radical (unpaired) electrons. The summed E-state index contributed by atoms with van der Waals surface area (Å²) in [6.45, 7) is 4.45. The number of aromatic nitrogens is 4. The van der Waals surface area contributed by atoms with Crippen molar-refractivity contribution in [2.45, 2.75) is 18.9 Å². The minimum absolute atomic E-state index is 0.0155. The van der Waals surface area contributed by atoms with Crippen molar-refractivity contribution in [3.8, 4) is 11.3 Å². The topological polar surface area (TPSA) is 79.2 Å². The molecule has 150 valence electrons. The third-order valence-electron chi connectivity index (χ3n) is 5.71. The molecular weight excluding hydrogens is 366 g/mol. The highest BCUT2D eigenvalue weighted by Crippen LogP contribution is 2.27. The average Bonchev–Trinajstić information content (AvgIpc) is 3.48. The zero-order valence-electron chi connectivity index (χ0n) is 16.6. The fraction of sp³-hybridized carbons (Fsp3) is 0.429.